The highest BCUT2D eigenvalue weighted by Crippen LogP contribution is 2.27. The second-order valence-electron chi connectivity index (χ2n) is 8.03. The minimum absolute atomic E-state index is 0.131. The van der Waals surface area contributed by atoms with Crippen LogP contribution in [0.4, 0.5) is 0 Å². The zero-order valence-corrected chi connectivity index (χ0v) is 16.8. The number of carbonyl (C=O) groups is 2. The number of aliphatic hydroxyl groups is 1. The van der Waals surface area contributed by atoms with Gasteiger partial charge in [0.2, 0.25) is 17.7 Å². The Bertz CT molecular complexity index is 909. The first-order chi connectivity index (χ1) is 13.6. The number of fused-ring (bicyclic) bond motifs is 1. The van der Waals surface area contributed by atoms with Crippen molar-refractivity contribution in [2.75, 3.05) is 13.2 Å². The molecule has 0 radical (unpaired) electrons. The maximum atomic E-state index is 12.0. The van der Waals surface area contributed by atoms with Crippen molar-refractivity contribution in [3.8, 4) is 5.88 Å². The Balaban J connectivity index is 1.54. The summed E-state index contributed by atoms with van der Waals surface area (Å²) >= 11 is 0. The highest BCUT2D eigenvalue weighted by Gasteiger charge is 2.41. The Morgan fingerprint density at radius 2 is 2.17 bits per heavy atom. The van der Waals surface area contributed by atoms with Crippen molar-refractivity contribution < 1.29 is 24.2 Å². The number of hydrogen-bond donors (Lipinski definition) is 3. The maximum Gasteiger partial charge on any atom is 0.248 e. The van der Waals surface area contributed by atoms with Crippen molar-refractivity contribution >= 4 is 22.6 Å². The third-order valence-corrected chi connectivity index (χ3v) is 5.03. The first-order valence-electron chi connectivity index (χ1n) is 9.61. The van der Waals surface area contributed by atoms with Crippen molar-refractivity contribution in [2.24, 2.45) is 11.7 Å². The van der Waals surface area contributed by atoms with Gasteiger partial charge in [-0.15, -0.1) is 0 Å². The van der Waals surface area contributed by atoms with Crippen LogP contribution in [0.3, 0.4) is 0 Å². The van der Waals surface area contributed by atoms with E-state index in [4.69, 9.17) is 15.2 Å². The zero-order valence-electron chi connectivity index (χ0n) is 16.8. The van der Waals surface area contributed by atoms with E-state index in [-0.39, 0.29) is 18.1 Å². The molecule has 0 bridgehead atoms. The van der Waals surface area contributed by atoms with Crippen LogP contribution in [0.25, 0.3) is 10.8 Å². The summed E-state index contributed by atoms with van der Waals surface area (Å²) in [6, 6.07) is 6.76. The number of aromatic nitrogens is 1. The number of amides is 2. The summed E-state index contributed by atoms with van der Waals surface area (Å²) in [6.07, 6.45) is 1.87. The van der Waals surface area contributed by atoms with Crippen LogP contribution in [0.5, 0.6) is 5.88 Å². The summed E-state index contributed by atoms with van der Waals surface area (Å²) in [5.41, 5.74) is 4.70. The van der Waals surface area contributed by atoms with Crippen LogP contribution in [0.2, 0.25) is 0 Å². The van der Waals surface area contributed by atoms with E-state index in [1.165, 1.54) is 0 Å². The first kappa shape index (κ1) is 21.0. The normalized spacial score (nSPS) is 20.5. The monoisotopic (exact) mass is 401 g/mol. The Labute approximate surface area is 169 Å². The third kappa shape index (κ3) is 5.02. The molecule has 156 valence electrons. The molecule has 0 spiro atoms. The number of nitrogens with zero attached hydrogens (tertiary/aromatic N) is 1. The Morgan fingerprint density at radius 1 is 1.41 bits per heavy atom. The van der Waals surface area contributed by atoms with E-state index in [1.807, 2.05) is 6.92 Å². The predicted octanol–water partition coefficient (Wildman–Crippen LogP) is 1.39. The SMILES string of the molecule is CC(COC[C@@H]1C[C@H](C(C)(C)O)C(=O)N1)Oc1nccc2cc(C(N)=O)ccc12. The van der Waals surface area contributed by atoms with E-state index >= 15 is 0 Å². The number of carbonyl (C=O) groups excluding carboxylic acids is 2. The van der Waals surface area contributed by atoms with Gasteiger partial charge in [0.25, 0.3) is 0 Å². The van der Waals surface area contributed by atoms with E-state index in [0.717, 1.165) is 10.8 Å². The molecule has 0 saturated carbocycles. The molecule has 1 unspecified atom stereocenters. The summed E-state index contributed by atoms with van der Waals surface area (Å²) in [5, 5.41) is 14.5. The second kappa shape index (κ2) is 8.34. The topological polar surface area (TPSA) is 124 Å². The van der Waals surface area contributed by atoms with Crippen molar-refractivity contribution in [2.45, 2.75) is 44.9 Å². The van der Waals surface area contributed by atoms with Crippen LogP contribution in [0.1, 0.15) is 37.6 Å². The van der Waals surface area contributed by atoms with Gasteiger partial charge in [0.1, 0.15) is 6.10 Å². The number of nitrogens with two attached hydrogens (primary N) is 1. The molecule has 1 aromatic heterocycles. The molecule has 8 nitrogen and oxygen atoms in total. The highest BCUT2D eigenvalue weighted by molar-refractivity contribution is 5.98. The third-order valence-electron chi connectivity index (χ3n) is 5.03. The molecule has 1 aliphatic heterocycles. The van der Waals surface area contributed by atoms with Gasteiger partial charge >= 0.3 is 0 Å². The summed E-state index contributed by atoms with van der Waals surface area (Å²) in [6.45, 7) is 5.80. The Hall–Kier alpha value is -2.71. The molecule has 4 N–H and O–H groups in total. The van der Waals surface area contributed by atoms with E-state index in [9.17, 15) is 14.7 Å². The number of benzene rings is 1. The lowest BCUT2D eigenvalue weighted by Crippen LogP contribution is -2.36. The molecule has 3 atom stereocenters. The van der Waals surface area contributed by atoms with Crippen molar-refractivity contribution in [3.63, 3.8) is 0 Å². The maximum absolute atomic E-state index is 12.0. The predicted molar refractivity (Wildman–Crippen MR) is 108 cm³/mol. The fraction of sp³-hybridized carbons (Fsp3) is 0.476. The number of hydrogen-bond acceptors (Lipinski definition) is 6. The fourth-order valence-corrected chi connectivity index (χ4v) is 3.47. The molecule has 8 heteroatoms. The highest BCUT2D eigenvalue weighted by atomic mass is 16.5. The van der Waals surface area contributed by atoms with E-state index < -0.39 is 17.4 Å². The molecule has 1 saturated heterocycles. The standard InChI is InChI=1S/C21H27N3O5/c1-12(10-28-11-15-9-17(19(26)24-15)21(2,3)27)29-20-16-5-4-14(18(22)25)8-13(16)6-7-23-20/h4-8,12,15,17,27H,9-11H2,1-3H3,(H2,22,25)(H,24,26)/t12?,15-,17-/m0/s1. The Kier molecular flexibility index (Phi) is 6.04. The average Bonchev–Trinajstić information content (AvgIpc) is 3.02. The number of pyridine rings is 1. The average molecular weight is 401 g/mol. The first-order valence-corrected chi connectivity index (χ1v) is 9.61. The van der Waals surface area contributed by atoms with E-state index in [2.05, 4.69) is 10.3 Å². The van der Waals surface area contributed by atoms with Crippen molar-refractivity contribution in [3.05, 3.63) is 36.0 Å². The van der Waals surface area contributed by atoms with Gasteiger partial charge in [0.15, 0.2) is 0 Å². The van der Waals surface area contributed by atoms with Gasteiger partial charge in [-0.2, -0.15) is 0 Å². The van der Waals surface area contributed by atoms with Crippen LogP contribution in [0.15, 0.2) is 30.5 Å². The smallest absolute Gasteiger partial charge is 0.248 e. The van der Waals surface area contributed by atoms with Crippen molar-refractivity contribution in [1.82, 2.24) is 10.3 Å². The number of ether oxygens (including phenoxy) is 2. The molecule has 3 rings (SSSR count). The molecule has 1 aliphatic rings. The summed E-state index contributed by atoms with van der Waals surface area (Å²) in [4.78, 5) is 27.6. The van der Waals surface area contributed by atoms with Crippen LogP contribution in [-0.4, -0.2) is 52.9 Å². The lowest BCUT2D eigenvalue weighted by molar-refractivity contribution is -0.128. The molecule has 2 amide bonds. The lowest BCUT2D eigenvalue weighted by atomic mass is 9.88. The van der Waals surface area contributed by atoms with Crippen molar-refractivity contribution in [1.29, 1.82) is 0 Å². The van der Waals surface area contributed by atoms with Gasteiger partial charge in [0.05, 0.1) is 30.8 Å². The van der Waals surface area contributed by atoms with Gasteiger partial charge in [0, 0.05) is 17.1 Å². The van der Waals surface area contributed by atoms with Crippen LogP contribution >= 0.6 is 0 Å². The van der Waals surface area contributed by atoms with E-state index in [0.29, 0.717) is 31.1 Å². The minimum Gasteiger partial charge on any atom is -0.472 e. The summed E-state index contributed by atoms with van der Waals surface area (Å²) in [7, 11) is 0. The fourth-order valence-electron chi connectivity index (χ4n) is 3.47. The summed E-state index contributed by atoms with van der Waals surface area (Å²) in [5.74, 6) is -0.620. The van der Waals surface area contributed by atoms with Gasteiger partial charge in [-0.1, -0.05) is 0 Å². The molecule has 1 aromatic carbocycles. The van der Waals surface area contributed by atoms with Gasteiger partial charge < -0.3 is 25.6 Å². The van der Waals surface area contributed by atoms with Crippen LogP contribution < -0.4 is 15.8 Å². The molecule has 29 heavy (non-hydrogen) atoms. The molecular formula is C21H27N3O5. The van der Waals surface area contributed by atoms with Gasteiger partial charge in [-0.25, -0.2) is 4.98 Å². The minimum atomic E-state index is -1.05. The lowest BCUT2D eigenvalue weighted by Gasteiger charge is -2.22. The molecule has 2 aromatic rings. The molecule has 1 fully saturated rings. The Morgan fingerprint density at radius 3 is 2.83 bits per heavy atom. The summed E-state index contributed by atoms with van der Waals surface area (Å²) < 4.78 is 11.6. The number of rotatable bonds is 8. The largest absolute Gasteiger partial charge is 0.472 e. The van der Waals surface area contributed by atoms with Crippen LogP contribution in [0, 0.1) is 5.92 Å². The molecule has 0 aliphatic carbocycles. The van der Waals surface area contributed by atoms with Gasteiger partial charge in [-0.05, 0) is 56.8 Å². The molecular weight excluding hydrogens is 374 g/mol. The second-order valence-corrected chi connectivity index (χ2v) is 8.03. The number of primary amides is 1. The van der Waals surface area contributed by atoms with Gasteiger partial charge in [-0.3, -0.25) is 9.59 Å². The zero-order chi connectivity index (χ0) is 21.2. The van der Waals surface area contributed by atoms with Crippen LogP contribution in [-0.2, 0) is 9.53 Å². The van der Waals surface area contributed by atoms with E-state index in [1.54, 1.807) is 44.3 Å². The quantitative estimate of drug-likeness (QED) is 0.614. The molecule has 2 heterocycles. The number of nitrogens with one attached hydrogen (secondary N) is 1.